The largest absolute Gasteiger partial charge is 0.378 e. The van der Waals surface area contributed by atoms with Gasteiger partial charge in [0.05, 0.1) is 24.7 Å². The van der Waals surface area contributed by atoms with Crippen LogP contribution in [0.5, 0.6) is 0 Å². The van der Waals surface area contributed by atoms with Gasteiger partial charge in [0.1, 0.15) is 6.04 Å². The first-order chi connectivity index (χ1) is 15.2. The van der Waals surface area contributed by atoms with Crippen molar-refractivity contribution in [2.75, 3.05) is 59.0 Å². The van der Waals surface area contributed by atoms with Crippen LogP contribution in [0, 0.1) is 5.92 Å². The molecule has 32 heavy (non-hydrogen) atoms. The number of hydrogen-bond donors (Lipinski definition) is 1. The summed E-state index contributed by atoms with van der Waals surface area (Å²) in [5, 5.41) is 0.308. The molecule has 1 aromatic rings. The summed E-state index contributed by atoms with van der Waals surface area (Å²) in [7, 11) is -3.90. The molecule has 3 rings (SSSR count). The smallest absolute Gasteiger partial charge is 0.241 e. The Hall–Kier alpha value is -1.72. The minimum atomic E-state index is -3.90. The van der Waals surface area contributed by atoms with E-state index in [1.54, 1.807) is 35.8 Å². The second-order valence-corrected chi connectivity index (χ2v) is 10.5. The lowest BCUT2D eigenvalue weighted by atomic mass is 10.0. The van der Waals surface area contributed by atoms with Crippen molar-refractivity contribution in [3.8, 4) is 0 Å². The molecule has 11 heteroatoms. The second kappa shape index (κ2) is 10.9. The summed E-state index contributed by atoms with van der Waals surface area (Å²) < 4.78 is 33.5. The molecule has 2 heterocycles. The molecule has 1 atom stereocenters. The van der Waals surface area contributed by atoms with E-state index in [0.717, 1.165) is 0 Å². The Morgan fingerprint density at radius 3 is 2.31 bits per heavy atom. The number of piperazine rings is 1. The zero-order chi connectivity index (χ0) is 23.3. The average molecular weight is 487 g/mol. The molecular weight excluding hydrogens is 456 g/mol. The molecule has 0 radical (unpaired) electrons. The van der Waals surface area contributed by atoms with E-state index < -0.39 is 16.1 Å². The highest BCUT2D eigenvalue weighted by Gasteiger charge is 2.33. The third-order valence-corrected chi connectivity index (χ3v) is 7.40. The molecule has 0 unspecified atom stereocenters. The molecule has 9 nitrogen and oxygen atoms in total. The Labute approximate surface area is 194 Å². The molecule has 2 aliphatic heterocycles. The maximum Gasteiger partial charge on any atom is 0.241 e. The molecule has 178 valence electrons. The van der Waals surface area contributed by atoms with Crippen molar-refractivity contribution in [1.82, 2.24) is 19.4 Å². The number of hydrogen-bond acceptors (Lipinski definition) is 6. The van der Waals surface area contributed by atoms with E-state index in [9.17, 15) is 18.0 Å². The topological polar surface area (TPSA) is 99.3 Å². The summed E-state index contributed by atoms with van der Waals surface area (Å²) in [6, 6.07) is 5.06. The summed E-state index contributed by atoms with van der Waals surface area (Å²) in [5.41, 5.74) is 0. The van der Waals surface area contributed by atoms with Crippen LogP contribution in [0.1, 0.15) is 13.8 Å². The van der Waals surface area contributed by atoms with Gasteiger partial charge in [-0.3, -0.25) is 14.5 Å². The predicted molar refractivity (Wildman–Crippen MR) is 121 cm³/mol. The van der Waals surface area contributed by atoms with Gasteiger partial charge in [-0.15, -0.1) is 0 Å². The van der Waals surface area contributed by atoms with E-state index in [2.05, 4.69) is 4.72 Å². The van der Waals surface area contributed by atoms with Crippen molar-refractivity contribution >= 4 is 33.4 Å². The standard InChI is InChI=1S/C21H31ClN4O5S/c1-16(2)20(23-32(29,30)18-5-3-4-17(22)14-18)21(28)26-8-6-24(7-9-26)15-19(27)25-10-12-31-13-11-25/h3-5,14,16,20,23H,6-13,15H2,1-2H3/t20-/m1/s1. The highest BCUT2D eigenvalue weighted by molar-refractivity contribution is 7.89. The third kappa shape index (κ3) is 6.41. The van der Waals surface area contributed by atoms with E-state index in [1.807, 2.05) is 4.90 Å². The first kappa shape index (κ1) is 24.9. The van der Waals surface area contributed by atoms with Gasteiger partial charge in [0.25, 0.3) is 0 Å². The fraction of sp³-hybridized carbons (Fsp3) is 0.619. The molecule has 2 saturated heterocycles. The van der Waals surface area contributed by atoms with E-state index >= 15 is 0 Å². The van der Waals surface area contributed by atoms with Gasteiger partial charge in [0.15, 0.2) is 0 Å². The van der Waals surface area contributed by atoms with Crippen molar-refractivity contribution in [1.29, 1.82) is 0 Å². The molecule has 2 aliphatic rings. The summed E-state index contributed by atoms with van der Waals surface area (Å²) in [6.07, 6.45) is 0. The van der Waals surface area contributed by atoms with Gasteiger partial charge in [-0.1, -0.05) is 31.5 Å². The molecule has 1 aromatic carbocycles. The summed E-state index contributed by atoms with van der Waals surface area (Å²) >= 11 is 5.93. The molecule has 0 spiro atoms. The van der Waals surface area contributed by atoms with Crippen LogP contribution in [-0.2, 0) is 24.3 Å². The van der Waals surface area contributed by atoms with Crippen LogP contribution in [0.3, 0.4) is 0 Å². The molecule has 1 N–H and O–H groups in total. The molecule has 0 aromatic heterocycles. The number of halogens is 1. The van der Waals surface area contributed by atoms with Crippen LogP contribution in [-0.4, -0.2) is 100 Å². The first-order valence-electron chi connectivity index (χ1n) is 10.8. The molecule has 0 bridgehead atoms. The van der Waals surface area contributed by atoms with E-state index in [-0.39, 0.29) is 22.6 Å². The highest BCUT2D eigenvalue weighted by atomic mass is 35.5. The lowest BCUT2D eigenvalue weighted by Crippen LogP contribution is -2.57. The van der Waals surface area contributed by atoms with Crippen LogP contribution in [0.4, 0.5) is 0 Å². The van der Waals surface area contributed by atoms with Gasteiger partial charge in [-0.05, 0) is 24.1 Å². The van der Waals surface area contributed by atoms with Crippen molar-refractivity contribution in [2.24, 2.45) is 5.92 Å². The lowest BCUT2D eigenvalue weighted by molar-refractivity contribution is -0.138. The van der Waals surface area contributed by atoms with Crippen LogP contribution in [0.15, 0.2) is 29.2 Å². The number of nitrogens with one attached hydrogen (secondary N) is 1. The van der Waals surface area contributed by atoms with Gasteiger partial charge >= 0.3 is 0 Å². The monoisotopic (exact) mass is 486 g/mol. The zero-order valence-electron chi connectivity index (χ0n) is 18.5. The lowest BCUT2D eigenvalue weighted by Gasteiger charge is -2.38. The van der Waals surface area contributed by atoms with Gasteiger partial charge in [-0.25, -0.2) is 8.42 Å². The van der Waals surface area contributed by atoms with Crippen LogP contribution < -0.4 is 4.72 Å². The summed E-state index contributed by atoms with van der Waals surface area (Å²) in [5.74, 6) is -0.426. The Morgan fingerprint density at radius 1 is 1.06 bits per heavy atom. The maximum absolute atomic E-state index is 13.2. The number of amides is 2. The first-order valence-corrected chi connectivity index (χ1v) is 12.7. The number of carbonyl (C=O) groups excluding carboxylic acids is 2. The fourth-order valence-electron chi connectivity index (χ4n) is 3.77. The predicted octanol–water partition coefficient (Wildman–Crippen LogP) is 0.646. The molecule has 2 fully saturated rings. The van der Waals surface area contributed by atoms with E-state index in [1.165, 1.54) is 12.1 Å². The quantitative estimate of drug-likeness (QED) is 0.607. The van der Waals surface area contributed by atoms with Gasteiger partial charge in [-0.2, -0.15) is 4.72 Å². The second-order valence-electron chi connectivity index (χ2n) is 8.39. The zero-order valence-corrected chi connectivity index (χ0v) is 20.1. The molecule has 0 aliphatic carbocycles. The normalized spacial score (nSPS) is 19.2. The van der Waals surface area contributed by atoms with Crippen molar-refractivity contribution in [3.63, 3.8) is 0 Å². The molecule has 2 amide bonds. The van der Waals surface area contributed by atoms with Crippen molar-refractivity contribution in [2.45, 2.75) is 24.8 Å². The van der Waals surface area contributed by atoms with Crippen LogP contribution in [0.25, 0.3) is 0 Å². The van der Waals surface area contributed by atoms with Crippen LogP contribution in [0.2, 0.25) is 5.02 Å². The van der Waals surface area contributed by atoms with E-state index in [0.29, 0.717) is 64.0 Å². The summed E-state index contributed by atoms with van der Waals surface area (Å²) in [4.78, 5) is 31.1. The number of rotatable bonds is 7. The highest BCUT2D eigenvalue weighted by Crippen LogP contribution is 2.18. The SMILES string of the molecule is CC(C)[C@@H](NS(=O)(=O)c1cccc(Cl)c1)C(=O)N1CCN(CC(=O)N2CCOCC2)CC1. The number of morpholine rings is 1. The number of nitrogens with zero attached hydrogens (tertiary/aromatic N) is 3. The Balaban J connectivity index is 1.57. The van der Waals surface area contributed by atoms with Gasteiger partial charge in [0.2, 0.25) is 21.8 Å². The minimum Gasteiger partial charge on any atom is -0.378 e. The number of sulfonamides is 1. The number of carbonyl (C=O) groups is 2. The van der Waals surface area contributed by atoms with Crippen molar-refractivity contribution in [3.05, 3.63) is 29.3 Å². The Morgan fingerprint density at radius 2 is 1.72 bits per heavy atom. The molecule has 0 saturated carbocycles. The Kier molecular flexibility index (Phi) is 8.51. The van der Waals surface area contributed by atoms with E-state index in [4.69, 9.17) is 16.3 Å². The molecular formula is C21H31ClN4O5S. The number of benzene rings is 1. The average Bonchev–Trinajstić information content (AvgIpc) is 2.78. The Bertz CT molecular complexity index is 913. The fourth-order valence-corrected chi connectivity index (χ4v) is 5.41. The summed E-state index contributed by atoms with van der Waals surface area (Å²) in [6.45, 7) is 8.29. The third-order valence-electron chi connectivity index (χ3n) is 5.73. The minimum absolute atomic E-state index is 0.0231. The number of ether oxygens (including phenoxy) is 1. The van der Waals surface area contributed by atoms with Gasteiger partial charge in [0, 0.05) is 44.3 Å². The van der Waals surface area contributed by atoms with Crippen molar-refractivity contribution < 1.29 is 22.7 Å². The van der Waals surface area contributed by atoms with Gasteiger partial charge < -0.3 is 14.5 Å². The van der Waals surface area contributed by atoms with Crippen LogP contribution >= 0.6 is 11.6 Å². The maximum atomic E-state index is 13.2.